The van der Waals surface area contributed by atoms with Gasteiger partial charge in [-0.1, -0.05) is 20.8 Å². The Morgan fingerprint density at radius 2 is 2.00 bits per heavy atom. The molecule has 1 saturated heterocycles. The molecule has 1 fully saturated rings. The molecule has 1 aliphatic rings. The zero-order valence-corrected chi connectivity index (χ0v) is 11.7. The van der Waals surface area contributed by atoms with Gasteiger partial charge in [0.15, 0.2) is 0 Å². The van der Waals surface area contributed by atoms with E-state index in [-0.39, 0.29) is 0 Å². The van der Waals surface area contributed by atoms with Crippen LogP contribution in [0.4, 0.5) is 0 Å². The van der Waals surface area contributed by atoms with Crippen molar-refractivity contribution in [1.82, 2.24) is 15.1 Å². The SMILES string of the molecule is CC(C)CN1CC(C)CNCC1CN(C)C. The summed E-state index contributed by atoms with van der Waals surface area (Å²) in [7, 11) is 4.34. The van der Waals surface area contributed by atoms with Crippen LogP contribution in [0.2, 0.25) is 0 Å². The molecule has 0 spiro atoms. The van der Waals surface area contributed by atoms with Gasteiger partial charge in [-0.05, 0) is 32.5 Å². The molecule has 0 aliphatic carbocycles. The minimum atomic E-state index is 0.669. The van der Waals surface area contributed by atoms with Crippen LogP contribution in [0.15, 0.2) is 0 Å². The van der Waals surface area contributed by atoms with E-state index in [0.29, 0.717) is 6.04 Å². The fourth-order valence-electron chi connectivity index (χ4n) is 2.53. The molecule has 3 heteroatoms. The highest BCUT2D eigenvalue weighted by Gasteiger charge is 2.24. The van der Waals surface area contributed by atoms with E-state index in [9.17, 15) is 0 Å². The summed E-state index contributed by atoms with van der Waals surface area (Å²) in [4.78, 5) is 4.98. The van der Waals surface area contributed by atoms with E-state index in [4.69, 9.17) is 0 Å². The number of hydrogen-bond acceptors (Lipinski definition) is 3. The van der Waals surface area contributed by atoms with Crippen molar-refractivity contribution in [1.29, 1.82) is 0 Å². The third kappa shape index (κ3) is 4.81. The molecule has 0 saturated carbocycles. The Morgan fingerprint density at radius 3 is 2.56 bits per heavy atom. The molecule has 0 aromatic heterocycles. The number of nitrogens with one attached hydrogen (secondary N) is 1. The Hall–Kier alpha value is -0.120. The number of likely N-dealkylation sites (N-methyl/N-ethyl adjacent to an activating group) is 1. The van der Waals surface area contributed by atoms with Gasteiger partial charge in [0, 0.05) is 32.2 Å². The van der Waals surface area contributed by atoms with Gasteiger partial charge in [-0.2, -0.15) is 0 Å². The molecule has 1 rings (SSSR count). The monoisotopic (exact) mass is 227 g/mol. The molecule has 0 aromatic carbocycles. The van der Waals surface area contributed by atoms with E-state index in [1.807, 2.05) is 0 Å². The topological polar surface area (TPSA) is 18.5 Å². The van der Waals surface area contributed by atoms with Crippen molar-refractivity contribution in [2.75, 3.05) is 46.8 Å². The Morgan fingerprint density at radius 1 is 1.31 bits per heavy atom. The normalized spacial score (nSPS) is 28.7. The molecule has 1 aliphatic heterocycles. The van der Waals surface area contributed by atoms with E-state index < -0.39 is 0 Å². The Kier molecular flexibility index (Phi) is 5.73. The zero-order valence-electron chi connectivity index (χ0n) is 11.7. The lowest BCUT2D eigenvalue weighted by Crippen LogP contribution is -2.47. The summed E-state index contributed by atoms with van der Waals surface area (Å²) in [6.45, 7) is 12.9. The summed E-state index contributed by atoms with van der Waals surface area (Å²) in [5.41, 5.74) is 0. The Bertz CT molecular complexity index is 192. The van der Waals surface area contributed by atoms with Crippen LogP contribution in [0, 0.1) is 11.8 Å². The number of nitrogens with zero attached hydrogens (tertiary/aromatic N) is 2. The van der Waals surface area contributed by atoms with Crippen molar-refractivity contribution < 1.29 is 0 Å². The average Bonchev–Trinajstić information content (AvgIpc) is 2.27. The van der Waals surface area contributed by atoms with Crippen molar-refractivity contribution >= 4 is 0 Å². The van der Waals surface area contributed by atoms with Crippen LogP contribution in [0.5, 0.6) is 0 Å². The summed E-state index contributed by atoms with van der Waals surface area (Å²) in [6.07, 6.45) is 0. The average molecular weight is 227 g/mol. The van der Waals surface area contributed by atoms with Gasteiger partial charge < -0.3 is 10.2 Å². The van der Waals surface area contributed by atoms with Gasteiger partial charge in [0.05, 0.1) is 0 Å². The van der Waals surface area contributed by atoms with E-state index in [1.54, 1.807) is 0 Å². The van der Waals surface area contributed by atoms with E-state index in [1.165, 1.54) is 19.6 Å². The third-order valence-electron chi connectivity index (χ3n) is 3.11. The summed E-state index contributed by atoms with van der Waals surface area (Å²) >= 11 is 0. The lowest BCUT2D eigenvalue weighted by atomic mass is 10.1. The van der Waals surface area contributed by atoms with Crippen LogP contribution in [0.3, 0.4) is 0 Å². The first-order chi connectivity index (χ1) is 7.49. The van der Waals surface area contributed by atoms with Crippen LogP contribution in [0.1, 0.15) is 20.8 Å². The van der Waals surface area contributed by atoms with Gasteiger partial charge >= 0.3 is 0 Å². The molecule has 2 unspecified atom stereocenters. The lowest BCUT2D eigenvalue weighted by Gasteiger charge is -2.33. The molecule has 1 N–H and O–H groups in total. The van der Waals surface area contributed by atoms with Gasteiger partial charge in [0.1, 0.15) is 0 Å². The highest BCUT2D eigenvalue weighted by Crippen LogP contribution is 2.12. The number of rotatable bonds is 4. The minimum Gasteiger partial charge on any atom is -0.315 e. The first kappa shape index (κ1) is 13.9. The summed E-state index contributed by atoms with van der Waals surface area (Å²) in [5.74, 6) is 1.53. The standard InChI is InChI=1S/C13H29N3/c1-11(2)8-16-9-12(3)6-14-7-13(16)10-15(4)5/h11-14H,6-10H2,1-5H3. The summed E-state index contributed by atoms with van der Waals surface area (Å²) < 4.78 is 0. The van der Waals surface area contributed by atoms with E-state index in [2.05, 4.69) is 50.0 Å². The van der Waals surface area contributed by atoms with Crippen molar-refractivity contribution in [2.24, 2.45) is 11.8 Å². The molecule has 1 heterocycles. The molecule has 0 aromatic rings. The summed E-state index contributed by atoms with van der Waals surface area (Å²) in [5, 5.41) is 3.59. The molecule has 16 heavy (non-hydrogen) atoms. The second-order valence-electron chi connectivity index (χ2n) is 6.03. The molecule has 96 valence electrons. The van der Waals surface area contributed by atoms with Gasteiger partial charge in [0.25, 0.3) is 0 Å². The first-order valence-corrected chi connectivity index (χ1v) is 6.58. The van der Waals surface area contributed by atoms with Crippen LogP contribution in [-0.4, -0.2) is 62.7 Å². The minimum absolute atomic E-state index is 0.669. The molecule has 0 radical (unpaired) electrons. The van der Waals surface area contributed by atoms with Crippen LogP contribution < -0.4 is 5.32 Å². The van der Waals surface area contributed by atoms with Gasteiger partial charge in [-0.25, -0.2) is 0 Å². The highest BCUT2D eigenvalue weighted by molar-refractivity contribution is 4.82. The molecule has 0 bridgehead atoms. The smallest absolute Gasteiger partial charge is 0.0347 e. The van der Waals surface area contributed by atoms with Crippen LogP contribution in [-0.2, 0) is 0 Å². The van der Waals surface area contributed by atoms with Gasteiger partial charge in [-0.3, -0.25) is 4.90 Å². The van der Waals surface area contributed by atoms with E-state index in [0.717, 1.165) is 24.9 Å². The predicted octanol–water partition coefficient (Wildman–Crippen LogP) is 1.11. The quantitative estimate of drug-likeness (QED) is 0.776. The lowest BCUT2D eigenvalue weighted by molar-refractivity contribution is 0.145. The van der Waals surface area contributed by atoms with Crippen LogP contribution >= 0.6 is 0 Å². The van der Waals surface area contributed by atoms with Gasteiger partial charge in [-0.15, -0.1) is 0 Å². The number of hydrogen-bond donors (Lipinski definition) is 1. The van der Waals surface area contributed by atoms with Crippen molar-refractivity contribution in [3.05, 3.63) is 0 Å². The Labute approximate surface area is 101 Å². The molecular weight excluding hydrogens is 198 g/mol. The fraction of sp³-hybridized carbons (Fsp3) is 1.00. The molecule has 2 atom stereocenters. The molecule has 0 amide bonds. The molecular formula is C13H29N3. The van der Waals surface area contributed by atoms with Crippen LogP contribution in [0.25, 0.3) is 0 Å². The maximum Gasteiger partial charge on any atom is 0.0347 e. The van der Waals surface area contributed by atoms with Crippen molar-refractivity contribution in [3.63, 3.8) is 0 Å². The molecule has 3 nitrogen and oxygen atoms in total. The maximum atomic E-state index is 3.59. The second-order valence-corrected chi connectivity index (χ2v) is 6.03. The predicted molar refractivity (Wildman–Crippen MR) is 70.8 cm³/mol. The highest BCUT2D eigenvalue weighted by atomic mass is 15.2. The van der Waals surface area contributed by atoms with E-state index >= 15 is 0 Å². The maximum absolute atomic E-state index is 3.59. The van der Waals surface area contributed by atoms with Gasteiger partial charge in [0.2, 0.25) is 0 Å². The first-order valence-electron chi connectivity index (χ1n) is 6.58. The third-order valence-corrected chi connectivity index (χ3v) is 3.11. The van der Waals surface area contributed by atoms with Crippen molar-refractivity contribution in [2.45, 2.75) is 26.8 Å². The second kappa shape index (κ2) is 6.58. The largest absolute Gasteiger partial charge is 0.315 e. The Balaban J connectivity index is 2.59. The van der Waals surface area contributed by atoms with Crippen molar-refractivity contribution in [3.8, 4) is 0 Å². The zero-order chi connectivity index (χ0) is 12.1. The fourth-order valence-corrected chi connectivity index (χ4v) is 2.53. The summed E-state index contributed by atoms with van der Waals surface area (Å²) in [6, 6.07) is 0.669.